The van der Waals surface area contributed by atoms with E-state index in [-0.39, 0.29) is 41.7 Å². The third-order valence-corrected chi connectivity index (χ3v) is 3.67. The molecule has 10 heteroatoms. The standard InChI is InChI=1S/C15H15ClF2N2O5/c1-24-14(23)9-7-20(4-5-21)13(22)12(9)19-8-2-3-11(10(16)6-8)25-15(17)18/h2-3,6,15,19,21H,4-5,7H2,1H3. The summed E-state index contributed by atoms with van der Waals surface area (Å²) in [6.07, 6.45) is 0. The maximum atomic E-state index is 12.4. The Morgan fingerprint density at radius 3 is 2.76 bits per heavy atom. The smallest absolute Gasteiger partial charge is 0.387 e. The molecule has 25 heavy (non-hydrogen) atoms. The number of rotatable bonds is 7. The Morgan fingerprint density at radius 2 is 2.20 bits per heavy atom. The topological polar surface area (TPSA) is 88.1 Å². The fourth-order valence-electron chi connectivity index (χ4n) is 2.26. The molecule has 0 aliphatic carbocycles. The number of carbonyl (C=O) groups is 2. The highest BCUT2D eigenvalue weighted by atomic mass is 35.5. The second kappa shape index (κ2) is 8.13. The lowest BCUT2D eigenvalue weighted by molar-refractivity contribution is -0.136. The van der Waals surface area contributed by atoms with Gasteiger partial charge in [-0.25, -0.2) is 4.79 Å². The van der Waals surface area contributed by atoms with Gasteiger partial charge in [0.2, 0.25) is 0 Å². The second-order valence-electron chi connectivity index (χ2n) is 4.94. The number of hydrogen-bond acceptors (Lipinski definition) is 6. The number of nitrogens with zero attached hydrogens (tertiary/aromatic N) is 1. The van der Waals surface area contributed by atoms with Gasteiger partial charge in [-0.1, -0.05) is 11.6 Å². The van der Waals surface area contributed by atoms with Crippen LogP contribution in [0.3, 0.4) is 0 Å². The Hall–Kier alpha value is -2.39. The molecule has 0 bridgehead atoms. The van der Waals surface area contributed by atoms with E-state index in [0.29, 0.717) is 5.69 Å². The van der Waals surface area contributed by atoms with Gasteiger partial charge in [-0.2, -0.15) is 8.78 Å². The van der Waals surface area contributed by atoms with Crippen molar-refractivity contribution in [1.82, 2.24) is 4.90 Å². The molecule has 2 rings (SSSR count). The van der Waals surface area contributed by atoms with Crippen LogP contribution in [0.25, 0.3) is 0 Å². The first kappa shape index (κ1) is 18.9. The third kappa shape index (κ3) is 4.37. The van der Waals surface area contributed by atoms with Crippen LogP contribution in [0.2, 0.25) is 5.02 Å². The van der Waals surface area contributed by atoms with Crippen LogP contribution >= 0.6 is 11.6 Å². The molecule has 1 aromatic rings. The lowest BCUT2D eigenvalue weighted by Gasteiger charge is -2.15. The van der Waals surface area contributed by atoms with Gasteiger partial charge >= 0.3 is 12.6 Å². The van der Waals surface area contributed by atoms with Crippen LogP contribution in [0.15, 0.2) is 29.5 Å². The van der Waals surface area contributed by atoms with Gasteiger partial charge in [0.25, 0.3) is 5.91 Å². The van der Waals surface area contributed by atoms with Gasteiger partial charge < -0.3 is 24.8 Å². The maximum absolute atomic E-state index is 12.4. The van der Waals surface area contributed by atoms with E-state index in [2.05, 4.69) is 14.8 Å². The van der Waals surface area contributed by atoms with E-state index in [9.17, 15) is 18.4 Å². The molecule has 0 radical (unpaired) electrons. The van der Waals surface area contributed by atoms with Crippen LogP contribution < -0.4 is 10.1 Å². The molecular weight excluding hydrogens is 362 g/mol. The first-order valence-electron chi connectivity index (χ1n) is 7.10. The Balaban J connectivity index is 2.27. The molecule has 0 unspecified atom stereocenters. The van der Waals surface area contributed by atoms with Crippen molar-refractivity contribution in [2.75, 3.05) is 32.1 Å². The molecule has 7 nitrogen and oxygen atoms in total. The summed E-state index contributed by atoms with van der Waals surface area (Å²) in [6, 6.07) is 3.86. The molecule has 0 saturated carbocycles. The Labute approximate surface area is 146 Å². The van der Waals surface area contributed by atoms with Crippen molar-refractivity contribution in [2.24, 2.45) is 0 Å². The molecule has 1 aliphatic heterocycles. The minimum Gasteiger partial charge on any atom is -0.466 e. The van der Waals surface area contributed by atoms with E-state index >= 15 is 0 Å². The number of ether oxygens (including phenoxy) is 2. The van der Waals surface area contributed by atoms with E-state index in [1.807, 2.05) is 0 Å². The van der Waals surface area contributed by atoms with Crippen molar-refractivity contribution in [2.45, 2.75) is 6.61 Å². The first-order chi connectivity index (χ1) is 11.9. The number of esters is 1. The Morgan fingerprint density at radius 1 is 1.48 bits per heavy atom. The summed E-state index contributed by atoms with van der Waals surface area (Å²) in [5.41, 5.74) is 0.353. The van der Waals surface area contributed by atoms with E-state index in [4.69, 9.17) is 16.7 Å². The summed E-state index contributed by atoms with van der Waals surface area (Å²) >= 11 is 5.87. The Bertz CT molecular complexity index is 711. The summed E-state index contributed by atoms with van der Waals surface area (Å²) in [5.74, 6) is -1.41. The highest BCUT2D eigenvalue weighted by molar-refractivity contribution is 6.32. The van der Waals surface area contributed by atoms with Crippen molar-refractivity contribution in [3.05, 3.63) is 34.5 Å². The van der Waals surface area contributed by atoms with Crippen molar-refractivity contribution >= 4 is 29.2 Å². The Kier molecular flexibility index (Phi) is 6.16. The lowest BCUT2D eigenvalue weighted by atomic mass is 10.2. The normalized spacial score (nSPS) is 14.3. The molecule has 0 spiro atoms. The van der Waals surface area contributed by atoms with Crippen molar-refractivity contribution < 1.29 is 33.0 Å². The van der Waals surface area contributed by atoms with E-state index in [1.165, 1.54) is 30.2 Å². The summed E-state index contributed by atoms with van der Waals surface area (Å²) in [5, 5.41) is 11.6. The van der Waals surface area contributed by atoms with Crippen molar-refractivity contribution in [1.29, 1.82) is 0 Å². The SMILES string of the molecule is COC(=O)C1=C(Nc2ccc(OC(F)F)c(Cl)c2)C(=O)N(CCO)C1. The lowest BCUT2D eigenvalue weighted by Crippen LogP contribution is -2.31. The minimum absolute atomic E-state index is 0.0191. The fraction of sp³-hybridized carbons (Fsp3) is 0.333. The van der Waals surface area contributed by atoms with Crippen LogP contribution in [0.5, 0.6) is 5.75 Å². The zero-order chi connectivity index (χ0) is 18.6. The molecule has 0 saturated heterocycles. The quantitative estimate of drug-likeness (QED) is 0.703. The summed E-state index contributed by atoms with van der Waals surface area (Å²) in [6.45, 7) is -3.26. The molecule has 0 fully saturated rings. The van der Waals surface area contributed by atoms with Crippen LogP contribution in [0.1, 0.15) is 0 Å². The second-order valence-corrected chi connectivity index (χ2v) is 5.35. The van der Waals surface area contributed by atoms with E-state index in [0.717, 1.165) is 0 Å². The average molecular weight is 377 g/mol. The molecule has 136 valence electrons. The van der Waals surface area contributed by atoms with Gasteiger partial charge in [0.05, 0.1) is 30.9 Å². The number of methoxy groups -OCH3 is 1. The largest absolute Gasteiger partial charge is 0.466 e. The van der Waals surface area contributed by atoms with Gasteiger partial charge in [0.15, 0.2) is 0 Å². The summed E-state index contributed by atoms with van der Waals surface area (Å²) in [4.78, 5) is 25.5. The fourth-order valence-corrected chi connectivity index (χ4v) is 2.49. The van der Waals surface area contributed by atoms with Crippen LogP contribution in [0.4, 0.5) is 14.5 Å². The van der Waals surface area contributed by atoms with Crippen LogP contribution in [0, 0.1) is 0 Å². The van der Waals surface area contributed by atoms with Crippen molar-refractivity contribution in [3.8, 4) is 5.75 Å². The number of anilines is 1. The molecule has 1 aliphatic rings. The van der Waals surface area contributed by atoms with Gasteiger partial charge in [0.1, 0.15) is 11.4 Å². The van der Waals surface area contributed by atoms with Crippen LogP contribution in [-0.4, -0.2) is 55.3 Å². The molecule has 0 atom stereocenters. The zero-order valence-corrected chi connectivity index (χ0v) is 13.8. The van der Waals surface area contributed by atoms with E-state index < -0.39 is 18.5 Å². The summed E-state index contributed by atoms with van der Waals surface area (Å²) in [7, 11) is 1.18. The predicted molar refractivity (Wildman–Crippen MR) is 84.4 cm³/mol. The molecular formula is C15H15ClF2N2O5. The number of amides is 1. The highest BCUT2D eigenvalue weighted by Crippen LogP contribution is 2.30. The monoisotopic (exact) mass is 376 g/mol. The first-order valence-corrected chi connectivity index (χ1v) is 7.48. The minimum atomic E-state index is -3.02. The summed E-state index contributed by atoms with van der Waals surface area (Å²) < 4.78 is 33.4. The number of halogens is 3. The third-order valence-electron chi connectivity index (χ3n) is 3.37. The zero-order valence-electron chi connectivity index (χ0n) is 13.1. The number of hydrogen-bond donors (Lipinski definition) is 2. The van der Waals surface area contributed by atoms with Gasteiger partial charge in [-0.05, 0) is 18.2 Å². The van der Waals surface area contributed by atoms with Gasteiger partial charge in [0, 0.05) is 12.2 Å². The molecule has 1 aromatic carbocycles. The van der Waals surface area contributed by atoms with E-state index in [1.54, 1.807) is 0 Å². The number of carbonyl (C=O) groups excluding carboxylic acids is 2. The maximum Gasteiger partial charge on any atom is 0.387 e. The number of aliphatic hydroxyl groups is 1. The van der Waals surface area contributed by atoms with Gasteiger partial charge in [-0.3, -0.25) is 4.79 Å². The number of benzene rings is 1. The number of alkyl halides is 2. The molecule has 1 amide bonds. The average Bonchev–Trinajstić information content (AvgIpc) is 2.86. The van der Waals surface area contributed by atoms with Crippen molar-refractivity contribution in [3.63, 3.8) is 0 Å². The number of aliphatic hydroxyl groups excluding tert-OH is 1. The van der Waals surface area contributed by atoms with Gasteiger partial charge in [-0.15, -0.1) is 0 Å². The molecule has 2 N–H and O–H groups in total. The number of β-amino-alcohol motifs (C(OH)–C–C–N with tert-alkyl or cyclic N) is 1. The number of nitrogens with one attached hydrogen (secondary N) is 1. The molecule has 1 heterocycles. The molecule has 0 aromatic heterocycles. The predicted octanol–water partition coefficient (Wildman–Crippen LogP) is 1.61. The van der Waals surface area contributed by atoms with Crippen LogP contribution in [-0.2, 0) is 14.3 Å². The highest BCUT2D eigenvalue weighted by Gasteiger charge is 2.34.